The van der Waals surface area contributed by atoms with Crippen molar-refractivity contribution in [2.45, 2.75) is 6.42 Å². The Bertz CT molecular complexity index is 1140. The lowest BCUT2D eigenvalue weighted by Crippen LogP contribution is -2.44. The second-order valence-corrected chi connectivity index (χ2v) is 10.0. The Morgan fingerprint density at radius 3 is 2.82 bits per heavy atom. The zero-order chi connectivity index (χ0) is 23.3. The number of aromatic nitrogens is 2. The van der Waals surface area contributed by atoms with Crippen molar-refractivity contribution in [3.63, 3.8) is 0 Å². The number of rotatable bonds is 7. The summed E-state index contributed by atoms with van der Waals surface area (Å²) < 4.78 is 6.40. The predicted octanol–water partition coefficient (Wildman–Crippen LogP) is 3.19. The van der Waals surface area contributed by atoms with E-state index in [4.69, 9.17) is 21.3 Å². The molecule has 8 nitrogen and oxygen atoms in total. The number of ether oxygens (including phenoxy) is 1. The van der Waals surface area contributed by atoms with Crippen molar-refractivity contribution in [2.75, 3.05) is 70.9 Å². The normalized spacial score (nSPS) is 17.3. The summed E-state index contributed by atoms with van der Waals surface area (Å²) in [7, 11) is 0. The molecule has 0 radical (unpaired) electrons. The Morgan fingerprint density at radius 1 is 1.18 bits per heavy atom. The first-order chi connectivity index (χ1) is 16.7. The average Bonchev–Trinajstić information content (AvgIpc) is 3.31. The van der Waals surface area contributed by atoms with Gasteiger partial charge in [-0.3, -0.25) is 4.79 Å². The summed E-state index contributed by atoms with van der Waals surface area (Å²) in [6, 6.07) is 7.92. The minimum absolute atomic E-state index is 0.0486. The van der Waals surface area contributed by atoms with E-state index in [0.717, 1.165) is 60.7 Å². The molecule has 2 saturated heterocycles. The van der Waals surface area contributed by atoms with Crippen LogP contribution in [0.2, 0.25) is 5.02 Å². The second-order valence-electron chi connectivity index (χ2n) is 8.53. The van der Waals surface area contributed by atoms with E-state index < -0.39 is 0 Å². The van der Waals surface area contributed by atoms with Crippen LogP contribution in [0.4, 0.5) is 5.95 Å². The molecule has 0 atom stereocenters. The molecule has 0 spiro atoms. The van der Waals surface area contributed by atoms with Gasteiger partial charge in [0.1, 0.15) is 5.69 Å². The van der Waals surface area contributed by atoms with Crippen LogP contribution in [0.25, 0.3) is 20.7 Å². The lowest BCUT2D eigenvalue weighted by molar-refractivity contribution is 0.0303. The maximum atomic E-state index is 12.9. The van der Waals surface area contributed by atoms with Crippen molar-refractivity contribution in [1.82, 2.24) is 25.1 Å². The van der Waals surface area contributed by atoms with Crippen LogP contribution in [0, 0.1) is 0 Å². The molecule has 4 heterocycles. The number of carbonyl (C=O) groups is 1. The fraction of sp³-hybridized carbons (Fsp3) is 0.458. The summed E-state index contributed by atoms with van der Waals surface area (Å²) in [6.45, 7) is 8.67. The number of nitrogens with zero attached hydrogens (tertiary/aromatic N) is 4. The van der Waals surface area contributed by atoms with Gasteiger partial charge in [-0.25, -0.2) is 9.97 Å². The average molecular weight is 501 g/mol. The zero-order valence-corrected chi connectivity index (χ0v) is 20.6. The highest BCUT2D eigenvalue weighted by molar-refractivity contribution is 7.22. The molecular formula is C24H29ClN6O2S. The molecule has 1 amide bonds. The topological polar surface area (TPSA) is 82.6 Å². The molecule has 0 unspecified atom stereocenters. The third kappa shape index (κ3) is 5.50. The zero-order valence-electron chi connectivity index (χ0n) is 19.1. The Balaban J connectivity index is 1.27. The number of thiophene rings is 1. The number of nitrogens with one attached hydrogen (secondary N) is 2. The van der Waals surface area contributed by atoms with Crippen LogP contribution in [-0.2, 0) is 4.74 Å². The molecule has 0 bridgehead atoms. The molecule has 10 heteroatoms. The first kappa shape index (κ1) is 23.4. The molecule has 5 rings (SSSR count). The Kier molecular flexibility index (Phi) is 7.56. The van der Waals surface area contributed by atoms with Crippen molar-refractivity contribution in [2.24, 2.45) is 0 Å². The van der Waals surface area contributed by atoms with Crippen LogP contribution in [0.15, 0.2) is 30.5 Å². The molecule has 34 heavy (non-hydrogen) atoms. The monoisotopic (exact) mass is 500 g/mol. The van der Waals surface area contributed by atoms with Crippen molar-refractivity contribution in [3.8, 4) is 10.6 Å². The number of fused-ring (bicyclic) bond motifs is 1. The Labute approximate surface area is 208 Å². The van der Waals surface area contributed by atoms with Gasteiger partial charge < -0.3 is 25.2 Å². The van der Waals surface area contributed by atoms with Gasteiger partial charge in [-0.1, -0.05) is 17.7 Å². The first-order valence-electron chi connectivity index (χ1n) is 11.8. The van der Waals surface area contributed by atoms with E-state index in [-0.39, 0.29) is 5.91 Å². The quantitative estimate of drug-likeness (QED) is 0.482. The molecule has 0 saturated carbocycles. The molecule has 2 fully saturated rings. The van der Waals surface area contributed by atoms with E-state index in [1.54, 1.807) is 17.5 Å². The highest BCUT2D eigenvalue weighted by atomic mass is 35.5. The summed E-state index contributed by atoms with van der Waals surface area (Å²) >= 11 is 8.06. The molecule has 2 aromatic heterocycles. The number of hydrogen-bond acceptors (Lipinski definition) is 8. The third-order valence-corrected chi connectivity index (χ3v) is 7.57. The van der Waals surface area contributed by atoms with Crippen LogP contribution in [-0.4, -0.2) is 91.2 Å². The van der Waals surface area contributed by atoms with Crippen LogP contribution >= 0.6 is 22.9 Å². The van der Waals surface area contributed by atoms with Crippen molar-refractivity contribution < 1.29 is 9.53 Å². The van der Waals surface area contributed by atoms with E-state index in [2.05, 4.69) is 26.6 Å². The van der Waals surface area contributed by atoms with Crippen LogP contribution < -0.4 is 10.6 Å². The molecule has 1 aromatic carbocycles. The van der Waals surface area contributed by atoms with E-state index in [9.17, 15) is 4.79 Å². The van der Waals surface area contributed by atoms with Crippen molar-refractivity contribution >= 4 is 44.9 Å². The molecule has 2 N–H and O–H groups in total. The number of anilines is 1. The number of morpholine rings is 1. The van der Waals surface area contributed by atoms with Crippen LogP contribution in [0.5, 0.6) is 0 Å². The minimum Gasteiger partial charge on any atom is -0.378 e. The number of carbonyl (C=O) groups excluding carboxylic acids is 1. The van der Waals surface area contributed by atoms with Gasteiger partial charge in [-0.2, -0.15) is 0 Å². The maximum Gasteiger partial charge on any atom is 0.254 e. The fourth-order valence-corrected chi connectivity index (χ4v) is 5.65. The molecule has 3 aromatic rings. The van der Waals surface area contributed by atoms with Gasteiger partial charge in [-0.05, 0) is 36.6 Å². The number of piperazine rings is 1. The molecule has 180 valence electrons. The highest BCUT2D eigenvalue weighted by Gasteiger charge is 2.19. The molecular weight excluding hydrogens is 472 g/mol. The second kappa shape index (κ2) is 11.0. The standard InChI is InChI=1S/C24H29ClN6O2S/c25-19-16-28-24(27-4-1-7-30-8-5-26-6-9-30)29-22(19)21-14-17-2-3-18(15-20(17)34-21)23(32)31-10-12-33-13-11-31/h2-3,14-16,26H,1,4-13H2,(H,27,28,29). The Morgan fingerprint density at radius 2 is 2.00 bits per heavy atom. The van der Waals surface area contributed by atoms with Crippen molar-refractivity contribution in [3.05, 3.63) is 41.0 Å². The van der Waals surface area contributed by atoms with Crippen LogP contribution in [0.3, 0.4) is 0 Å². The van der Waals surface area contributed by atoms with Gasteiger partial charge in [-0.15, -0.1) is 11.3 Å². The number of hydrogen-bond donors (Lipinski definition) is 2. The maximum absolute atomic E-state index is 12.9. The number of benzene rings is 1. The summed E-state index contributed by atoms with van der Waals surface area (Å²) in [4.78, 5) is 27.2. The minimum atomic E-state index is 0.0486. The van der Waals surface area contributed by atoms with Gasteiger partial charge in [0, 0.05) is 56.1 Å². The van der Waals surface area contributed by atoms with Gasteiger partial charge >= 0.3 is 0 Å². The summed E-state index contributed by atoms with van der Waals surface area (Å²) in [5.41, 5.74) is 1.41. The Hall–Kier alpha value is -2.30. The molecule has 2 aliphatic heterocycles. The van der Waals surface area contributed by atoms with Gasteiger partial charge in [0.15, 0.2) is 0 Å². The van der Waals surface area contributed by atoms with E-state index in [1.807, 2.05) is 23.1 Å². The summed E-state index contributed by atoms with van der Waals surface area (Å²) in [5, 5.41) is 8.30. The molecule has 0 aliphatic carbocycles. The smallest absolute Gasteiger partial charge is 0.254 e. The highest BCUT2D eigenvalue weighted by Crippen LogP contribution is 2.36. The lowest BCUT2D eigenvalue weighted by atomic mass is 10.1. The summed E-state index contributed by atoms with van der Waals surface area (Å²) in [6.07, 6.45) is 2.68. The van der Waals surface area contributed by atoms with Gasteiger partial charge in [0.2, 0.25) is 5.95 Å². The summed E-state index contributed by atoms with van der Waals surface area (Å²) in [5.74, 6) is 0.632. The van der Waals surface area contributed by atoms with Crippen LogP contribution in [0.1, 0.15) is 16.8 Å². The predicted molar refractivity (Wildman–Crippen MR) is 137 cm³/mol. The largest absolute Gasteiger partial charge is 0.378 e. The molecule has 2 aliphatic rings. The van der Waals surface area contributed by atoms with E-state index >= 15 is 0 Å². The van der Waals surface area contributed by atoms with E-state index in [1.165, 1.54) is 0 Å². The van der Waals surface area contributed by atoms with Gasteiger partial charge in [0.25, 0.3) is 5.91 Å². The fourth-order valence-electron chi connectivity index (χ4n) is 4.29. The third-order valence-electron chi connectivity index (χ3n) is 6.19. The first-order valence-corrected chi connectivity index (χ1v) is 13.0. The number of amides is 1. The number of halogens is 1. The lowest BCUT2D eigenvalue weighted by Gasteiger charge is -2.27. The van der Waals surface area contributed by atoms with Crippen molar-refractivity contribution in [1.29, 1.82) is 0 Å². The van der Waals surface area contributed by atoms with Gasteiger partial charge in [0.05, 0.1) is 29.3 Å². The SMILES string of the molecule is O=C(c1ccc2cc(-c3nc(NCCCN4CCNCC4)ncc3Cl)sc2c1)N1CCOCC1. The van der Waals surface area contributed by atoms with E-state index in [0.29, 0.717) is 48.5 Å².